The lowest BCUT2D eigenvalue weighted by atomic mass is 9.99. The molecule has 0 bridgehead atoms. The first-order valence-electron chi connectivity index (χ1n) is 6.96. The molecule has 1 aromatic carbocycles. The molecular formula is C15H23Br2NO. The molecule has 4 heteroatoms. The van der Waals surface area contributed by atoms with Crippen LogP contribution < -0.4 is 5.32 Å². The van der Waals surface area contributed by atoms with E-state index in [4.69, 9.17) is 0 Å². The molecular weight excluding hydrogens is 370 g/mol. The van der Waals surface area contributed by atoms with Crippen molar-refractivity contribution in [3.8, 4) is 5.75 Å². The third-order valence-corrected chi connectivity index (χ3v) is 4.59. The maximum atomic E-state index is 9.67. The summed E-state index contributed by atoms with van der Waals surface area (Å²) in [4.78, 5) is 0. The van der Waals surface area contributed by atoms with E-state index >= 15 is 0 Å². The Bertz CT molecular complexity index is 373. The highest BCUT2D eigenvalue weighted by atomic mass is 79.9. The van der Waals surface area contributed by atoms with E-state index in [1.165, 1.54) is 31.2 Å². The highest BCUT2D eigenvalue weighted by Gasteiger charge is 2.08. The fourth-order valence-corrected chi connectivity index (χ4v) is 3.37. The van der Waals surface area contributed by atoms with Gasteiger partial charge < -0.3 is 10.4 Å². The fourth-order valence-electron chi connectivity index (χ4n) is 2.08. The molecule has 0 fully saturated rings. The van der Waals surface area contributed by atoms with Crippen LogP contribution in [0.4, 0.5) is 0 Å². The molecule has 0 amide bonds. The number of phenolic OH excluding ortho intramolecular Hbond substituents is 1. The molecule has 2 nitrogen and oxygen atoms in total. The summed E-state index contributed by atoms with van der Waals surface area (Å²) in [6, 6.07) is 3.92. The number of hydrogen-bond donors (Lipinski definition) is 2. The second-order valence-electron chi connectivity index (χ2n) is 4.96. The van der Waals surface area contributed by atoms with Crippen LogP contribution in [0.3, 0.4) is 0 Å². The Hall–Kier alpha value is -0.0600. The van der Waals surface area contributed by atoms with Gasteiger partial charge in [-0.05, 0) is 68.4 Å². The molecule has 2 N–H and O–H groups in total. The van der Waals surface area contributed by atoms with Crippen molar-refractivity contribution >= 4 is 31.9 Å². The molecule has 0 heterocycles. The average Bonchev–Trinajstić information content (AvgIpc) is 2.39. The van der Waals surface area contributed by atoms with Crippen molar-refractivity contribution in [2.75, 3.05) is 6.54 Å². The molecule has 1 unspecified atom stereocenters. The molecule has 0 aromatic heterocycles. The van der Waals surface area contributed by atoms with E-state index in [0.717, 1.165) is 28.0 Å². The second-order valence-corrected chi connectivity index (χ2v) is 6.66. The minimum Gasteiger partial charge on any atom is -0.506 e. The normalized spacial score (nSPS) is 12.6. The quantitative estimate of drug-likeness (QED) is 0.635. The van der Waals surface area contributed by atoms with Gasteiger partial charge in [0.25, 0.3) is 0 Å². The van der Waals surface area contributed by atoms with Crippen molar-refractivity contribution in [3.63, 3.8) is 0 Å². The minimum atomic E-state index is 0.262. The first-order chi connectivity index (χ1) is 9.08. The van der Waals surface area contributed by atoms with Crippen LogP contribution in [0, 0.1) is 5.92 Å². The summed E-state index contributed by atoms with van der Waals surface area (Å²) >= 11 is 6.72. The highest BCUT2D eigenvalue weighted by molar-refractivity contribution is 9.11. The Morgan fingerprint density at radius 1 is 1.21 bits per heavy atom. The zero-order valence-corrected chi connectivity index (χ0v) is 14.8. The number of aromatic hydroxyl groups is 1. The van der Waals surface area contributed by atoms with E-state index in [2.05, 4.69) is 51.0 Å². The van der Waals surface area contributed by atoms with Gasteiger partial charge in [-0.1, -0.05) is 33.1 Å². The lowest BCUT2D eigenvalue weighted by Gasteiger charge is -2.15. The van der Waals surface area contributed by atoms with Crippen LogP contribution in [0.25, 0.3) is 0 Å². The lowest BCUT2D eigenvalue weighted by Crippen LogP contribution is -2.22. The van der Waals surface area contributed by atoms with Crippen LogP contribution in [0.15, 0.2) is 21.1 Å². The predicted octanol–water partition coefficient (Wildman–Crippen LogP) is 5.22. The molecule has 0 aliphatic heterocycles. The molecule has 0 radical (unpaired) electrons. The number of benzene rings is 1. The minimum absolute atomic E-state index is 0.262. The van der Waals surface area contributed by atoms with Crippen LogP contribution >= 0.6 is 31.9 Å². The van der Waals surface area contributed by atoms with Crippen LogP contribution in [0.2, 0.25) is 0 Å². The number of phenols is 1. The standard InChI is InChI=1S/C15H23Br2NO/c1-3-5-6-11(4-2)9-18-10-12-7-13(16)15(19)14(17)8-12/h7-8,11,18-19H,3-6,9-10H2,1-2H3. The van der Waals surface area contributed by atoms with Gasteiger partial charge in [0.05, 0.1) is 8.95 Å². The average molecular weight is 393 g/mol. The molecule has 108 valence electrons. The Morgan fingerprint density at radius 2 is 1.84 bits per heavy atom. The summed E-state index contributed by atoms with van der Waals surface area (Å²) in [5.74, 6) is 1.03. The van der Waals surface area contributed by atoms with E-state index in [-0.39, 0.29) is 5.75 Å². The van der Waals surface area contributed by atoms with E-state index in [1.54, 1.807) is 0 Å². The van der Waals surface area contributed by atoms with E-state index < -0.39 is 0 Å². The first kappa shape index (κ1) is 17.0. The third kappa shape index (κ3) is 5.84. The smallest absolute Gasteiger partial charge is 0.143 e. The van der Waals surface area contributed by atoms with Gasteiger partial charge in [0.15, 0.2) is 0 Å². The summed E-state index contributed by atoms with van der Waals surface area (Å²) < 4.78 is 1.47. The first-order valence-corrected chi connectivity index (χ1v) is 8.54. The van der Waals surface area contributed by atoms with Gasteiger partial charge in [-0.3, -0.25) is 0 Å². The van der Waals surface area contributed by atoms with E-state index in [9.17, 15) is 5.11 Å². The largest absolute Gasteiger partial charge is 0.506 e. The number of halogens is 2. The molecule has 1 atom stereocenters. The summed E-state index contributed by atoms with van der Waals surface area (Å²) in [5.41, 5.74) is 1.17. The van der Waals surface area contributed by atoms with Crippen molar-refractivity contribution < 1.29 is 5.11 Å². The Labute approximate surface area is 133 Å². The van der Waals surface area contributed by atoms with Gasteiger partial charge in [0, 0.05) is 6.54 Å². The van der Waals surface area contributed by atoms with Crippen molar-refractivity contribution in [2.24, 2.45) is 5.92 Å². The van der Waals surface area contributed by atoms with Crippen LogP contribution in [0.1, 0.15) is 45.1 Å². The van der Waals surface area contributed by atoms with Gasteiger partial charge >= 0.3 is 0 Å². The highest BCUT2D eigenvalue weighted by Crippen LogP contribution is 2.33. The van der Waals surface area contributed by atoms with Crippen molar-refractivity contribution in [1.82, 2.24) is 5.32 Å². The molecule has 0 saturated heterocycles. The van der Waals surface area contributed by atoms with E-state index in [1.807, 2.05) is 12.1 Å². The summed E-state index contributed by atoms with van der Waals surface area (Å²) in [5, 5.41) is 13.2. The Kier molecular flexibility index (Phi) is 8.03. The van der Waals surface area contributed by atoms with Crippen molar-refractivity contribution in [2.45, 2.75) is 46.1 Å². The SMILES string of the molecule is CCCCC(CC)CNCc1cc(Br)c(O)c(Br)c1. The van der Waals surface area contributed by atoms with Crippen LogP contribution in [0.5, 0.6) is 5.75 Å². The zero-order valence-electron chi connectivity index (χ0n) is 11.7. The van der Waals surface area contributed by atoms with Gasteiger partial charge in [0.2, 0.25) is 0 Å². The number of hydrogen-bond acceptors (Lipinski definition) is 2. The summed E-state index contributed by atoms with van der Waals surface area (Å²) in [6.07, 6.45) is 5.13. The Balaban J connectivity index is 2.44. The van der Waals surface area contributed by atoms with Crippen molar-refractivity contribution in [3.05, 3.63) is 26.6 Å². The molecule has 1 aromatic rings. The number of nitrogens with one attached hydrogen (secondary N) is 1. The van der Waals surface area contributed by atoms with E-state index in [0.29, 0.717) is 0 Å². The van der Waals surface area contributed by atoms with Gasteiger partial charge in [0.1, 0.15) is 5.75 Å². The molecule has 0 saturated carbocycles. The zero-order chi connectivity index (χ0) is 14.3. The molecule has 0 aliphatic carbocycles. The second kappa shape index (κ2) is 8.98. The fraction of sp³-hybridized carbons (Fsp3) is 0.600. The molecule has 0 spiro atoms. The third-order valence-electron chi connectivity index (χ3n) is 3.38. The lowest BCUT2D eigenvalue weighted by molar-refractivity contribution is 0.419. The monoisotopic (exact) mass is 391 g/mol. The maximum absolute atomic E-state index is 9.67. The van der Waals surface area contributed by atoms with Crippen LogP contribution in [-0.2, 0) is 6.54 Å². The maximum Gasteiger partial charge on any atom is 0.143 e. The molecule has 1 rings (SSSR count). The predicted molar refractivity (Wildman–Crippen MR) is 88.5 cm³/mol. The van der Waals surface area contributed by atoms with Gasteiger partial charge in [-0.15, -0.1) is 0 Å². The molecule has 0 aliphatic rings. The summed E-state index contributed by atoms with van der Waals surface area (Å²) in [6.45, 7) is 6.40. The van der Waals surface area contributed by atoms with Gasteiger partial charge in [-0.2, -0.15) is 0 Å². The number of unbranched alkanes of at least 4 members (excludes halogenated alkanes) is 1. The summed E-state index contributed by atoms with van der Waals surface area (Å²) in [7, 11) is 0. The number of rotatable bonds is 8. The Morgan fingerprint density at radius 3 is 2.37 bits per heavy atom. The topological polar surface area (TPSA) is 32.3 Å². The molecule has 19 heavy (non-hydrogen) atoms. The van der Waals surface area contributed by atoms with Crippen LogP contribution in [-0.4, -0.2) is 11.7 Å². The van der Waals surface area contributed by atoms with Gasteiger partial charge in [-0.25, -0.2) is 0 Å². The van der Waals surface area contributed by atoms with Crippen molar-refractivity contribution in [1.29, 1.82) is 0 Å².